The Morgan fingerprint density at radius 1 is 1.00 bits per heavy atom. The van der Waals surface area contributed by atoms with Gasteiger partial charge >= 0.3 is 0 Å². The Labute approximate surface area is 162 Å². The van der Waals surface area contributed by atoms with Crippen molar-refractivity contribution in [2.45, 2.75) is 44.6 Å². The van der Waals surface area contributed by atoms with Crippen molar-refractivity contribution in [1.82, 2.24) is 15.5 Å². The summed E-state index contributed by atoms with van der Waals surface area (Å²) >= 11 is 0. The Hall–Kier alpha value is -1.92. The van der Waals surface area contributed by atoms with Crippen LogP contribution < -0.4 is 16.0 Å². The van der Waals surface area contributed by atoms with Gasteiger partial charge in [-0.25, -0.2) is 0 Å². The Morgan fingerprint density at radius 2 is 1.70 bits per heavy atom. The predicted octanol–water partition coefficient (Wildman–Crippen LogP) is 1.99. The maximum absolute atomic E-state index is 12.2. The summed E-state index contributed by atoms with van der Waals surface area (Å²) in [6, 6.07) is 9.79. The number of para-hydroxylation sites is 1. The van der Waals surface area contributed by atoms with E-state index in [1.54, 1.807) is 0 Å². The van der Waals surface area contributed by atoms with Gasteiger partial charge in [-0.15, -0.1) is 0 Å². The summed E-state index contributed by atoms with van der Waals surface area (Å²) < 4.78 is 0. The summed E-state index contributed by atoms with van der Waals surface area (Å²) in [6.07, 6.45) is 5.86. The average Bonchev–Trinajstić information content (AvgIpc) is 2.69. The number of amides is 2. The maximum atomic E-state index is 12.2. The quantitative estimate of drug-likeness (QED) is 0.684. The van der Waals surface area contributed by atoms with Gasteiger partial charge in [-0.05, 0) is 63.2 Å². The van der Waals surface area contributed by atoms with E-state index in [-0.39, 0.29) is 17.9 Å². The fourth-order valence-electron chi connectivity index (χ4n) is 3.97. The first-order valence-corrected chi connectivity index (χ1v) is 10.3. The second kappa shape index (κ2) is 10.4. The number of hydrogen-bond acceptors (Lipinski definition) is 4. The number of likely N-dealkylation sites (tertiary alicyclic amines) is 1. The zero-order valence-electron chi connectivity index (χ0n) is 16.1. The van der Waals surface area contributed by atoms with Gasteiger partial charge in [-0.3, -0.25) is 14.5 Å². The molecule has 0 bridgehead atoms. The van der Waals surface area contributed by atoms with E-state index in [0.29, 0.717) is 18.9 Å². The zero-order chi connectivity index (χ0) is 18.9. The number of nitrogens with one attached hydrogen (secondary N) is 3. The van der Waals surface area contributed by atoms with Crippen molar-refractivity contribution < 1.29 is 9.59 Å². The van der Waals surface area contributed by atoms with Gasteiger partial charge in [-0.1, -0.05) is 18.2 Å². The molecule has 27 heavy (non-hydrogen) atoms. The number of piperidine rings is 2. The van der Waals surface area contributed by atoms with Gasteiger partial charge in [0.1, 0.15) is 0 Å². The van der Waals surface area contributed by atoms with E-state index < -0.39 is 0 Å². The van der Waals surface area contributed by atoms with Crippen molar-refractivity contribution in [3.8, 4) is 0 Å². The minimum Gasteiger partial charge on any atom is -0.353 e. The van der Waals surface area contributed by atoms with E-state index in [1.165, 1.54) is 12.8 Å². The van der Waals surface area contributed by atoms with Gasteiger partial charge in [0.05, 0.1) is 6.54 Å². The molecule has 3 N–H and O–H groups in total. The molecule has 0 unspecified atom stereocenters. The fraction of sp³-hybridized carbons (Fsp3) is 0.619. The number of hydrogen-bond donors (Lipinski definition) is 3. The van der Waals surface area contributed by atoms with Crippen molar-refractivity contribution in [3.05, 3.63) is 30.3 Å². The summed E-state index contributed by atoms with van der Waals surface area (Å²) in [5.41, 5.74) is 0.832. The molecule has 148 valence electrons. The molecule has 0 aliphatic carbocycles. The lowest BCUT2D eigenvalue weighted by atomic mass is 9.93. The summed E-state index contributed by atoms with van der Waals surface area (Å²) in [5, 5.41) is 9.48. The molecule has 2 amide bonds. The molecule has 2 aliphatic heterocycles. The summed E-state index contributed by atoms with van der Waals surface area (Å²) in [5.74, 6) is 0.904. The Balaban J connectivity index is 1.30. The molecule has 2 saturated heterocycles. The number of rotatable bonds is 7. The third kappa shape index (κ3) is 6.96. The van der Waals surface area contributed by atoms with Gasteiger partial charge in [0, 0.05) is 31.2 Å². The standard InChI is InChI=1S/C21H32N4O2/c26-20(7-6-17-8-12-22-13-9-17)23-19-10-14-25(15-11-19)16-21(27)24-18-4-2-1-3-5-18/h1-5,17,19,22H,6-16H2,(H,23,26)(H,24,27). The molecule has 6 nitrogen and oxygen atoms in total. The molecular formula is C21H32N4O2. The predicted molar refractivity (Wildman–Crippen MR) is 108 cm³/mol. The largest absolute Gasteiger partial charge is 0.353 e. The van der Waals surface area contributed by atoms with Gasteiger partial charge in [0.2, 0.25) is 11.8 Å². The topological polar surface area (TPSA) is 73.5 Å². The van der Waals surface area contributed by atoms with Crippen LogP contribution in [-0.2, 0) is 9.59 Å². The van der Waals surface area contributed by atoms with E-state index in [2.05, 4.69) is 20.9 Å². The van der Waals surface area contributed by atoms with Crippen LogP contribution in [0.1, 0.15) is 38.5 Å². The van der Waals surface area contributed by atoms with E-state index >= 15 is 0 Å². The van der Waals surface area contributed by atoms with E-state index in [4.69, 9.17) is 0 Å². The highest BCUT2D eigenvalue weighted by molar-refractivity contribution is 5.92. The van der Waals surface area contributed by atoms with E-state index in [0.717, 1.165) is 51.1 Å². The number of anilines is 1. The molecule has 0 aromatic heterocycles. The SMILES string of the molecule is O=C(CN1CCC(NC(=O)CCC2CCNCC2)CC1)Nc1ccccc1. The molecule has 2 heterocycles. The molecule has 1 aromatic carbocycles. The highest BCUT2D eigenvalue weighted by Crippen LogP contribution is 2.18. The van der Waals surface area contributed by atoms with Crippen LogP contribution in [0.5, 0.6) is 0 Å². The Bertz CT molecular complexity index is 593. The van der Waals surface area contributed by atoms with Crippen LogP contribution in [0.3, 0.4) is 0 Å². The van der Waals surface area contributed by atoms with E-state index in [1.807, 2.05) is 30.3 Å². The van der Waals surface area contributed by atoms with Crippen molar-refractivity contribution in [2.24, 2.45) is 5.92 Å². The molecule has 0 radical (unpaired) electrons. The molecule has 6 heteroatoms. The number of carbonyl (C=O) groups is 2. The fourth-order valence-corrected chi connectivity index (χ4v) is 3.97. The van der Waals surface area contributed by atoms with E-state index in [9.17, 15) is 9.59 Å². The Morgan fingerprint density at radius 3 is 2.41 bits per heavy atom. The van der Waals surface area contributed by atoms with Crippen LogP contribution in [0.2, 0.25) is 0 Å². The lowest BCUT2D eigenvalue weighted by molar-refractivity contribution is -0.123. The molecule has 0 spiro atoms. The molecule has 0 atom stereocenters. The molecule has 2 aliphatic rings. The number of nitrogens with zero attached hydrogens (tertiary/aromatic N) is 1. The normalized spacial score (nSPS) is 19.6. The first-order chi connectivity index (χ1) is 13.2. The first kappa shape index (κ1) is 19.8. The maximum Gasteiger partial charge on any atom is 0.238 e. The van der Waals surface area contributed by atoms with Crippen molar-refractivity contribution in [1.29, 1.82) is 0 Å². The first-order valence-electron chi connectivity index (χ1n) is 10.3. The minimum absolute atomic E-state index is 0.0191. The zero-order valence-corrected chi connectivity index (χ0v) is 16.1. The van der Waals surface area contributed by atoms with Crippen LogP contribution in [0, 0.1) is 5.92 Å². The lowest BCUT2D eigenvalue weighted by Crippen LogP contribution is -2.46. The summed E-state index contributed by atoms with van der Waals surface area (Å²) in [7, 11) is 0. The molecule has 3 rings (SSSR count). The van der Waals surface area contributed by atoms with Crippen molar-refractivity contribution in [2.75, 3.05) is 38.0 Å². The van der Waals surface area contributed by atoms with Gasteiger partial charge in [0.15, 0.2) is 0 Å². The summed E-state index contributed by atoms with van der Waals surface area (Å²) in [4.78, 5) is 26.5. The van der Waals surface area contributed by atoms with Gasteiger partial charge < -0.3 is 16.0 Å². The third-order valence-corrected chi connectivity index (χ3v) is 5.62. The van der Waals surface area contributed by atoms with Crippen LogP contribution >= 0.6 is 0 Å². The molecule has 0 saturated carbocycles. The van der Waals surface area contributed by atoms with Gasteiger partial charge in [-0.2, -0.15) is 0 Å². The molecule has 2 fully saturated rings. The number of benzene rings is 1. The highest BCUT2D eigenvalue weighted by Gasteiger charge is 2.22. The Kier molecular flexibility index (Phi) is 7.66. The average molecular weight is 373 g/mol. The van der Waals surface area contributed by atoms with Crippen LogP contribution in [-0.4, -0.2) is 55.5 Å². The van der Waals surface area contributed by atoms with Crippen molar-refractivity contribution >= 4 is 17.5 Å². The van der Waals surface area contributed by atoms with Crippen LogP contribution in [0.4, 0.5) is 5.69 Å². The number of carbonyl (C=O) groups excluding carboxylic acids is 2. The summed E-state index contributed by atoms with van der Waals surface area (Å²) in [6.45, 7) is 4.28. The highest BCUT2D eigenvalue weighted by atomic mass is 16.2. The minimum atomic E-state index is 0.0191. The van der Waals surface area contributed by atoms with Gasteiger partial charge in [0.25, 0.3) is 0 Å². The second-order valence-corrected chi connectivity index (χ2v) is 7.76. The smallest absolute Gasteiger partial charge is 0.238 e. The lowest BCUT2D eigenvalue weighted by Gasteiger charge is -2.32. The third-order valence-electron chi connectivity index (χ3n) is 5.62. The molecule has 1 aromatic rings. The molecular weight excluding hydrogens is 340 g/mol. The van der Waals surface area contributed by atoms with Crippen LogP contribution in [0.15, 0.2) is 30.3 Å². The van der Waals surface area contributed by atoms with Crippen LogP contribution in [0.25, 0.3) is 0 Å². The van der Waals surface area contributed by atoms with Crippen molar-refractivity contribution in [3.63, 3.8) is 0 Å². The monoisotopic (exact) mass is 372 g/mol. The second-order valence-electron chi connectivity index (χ2n) is 7.76.